The van der Waals surface area contributed by atoms with Crippen LogP contribution in [0.4, 0.5) is 0 Å². The Morgan fingerprint density at radius 1 is 1.48 bits per heavy atom. The second kappa shape index (κ2) is 7.04. The Balaban J connectivity index is 2.41. The molecule has 7 nitrogen and oxygen atoms in total. The van der Waals surface area contributed by atoms with Gasteiger partial charge in [0.05, 0.1) is 18.5 Å². The predicted molar refractivity (Wildman–Crippen MR) is 81.3 cm³/mol. The fourth-order valence-electron chi connectivity index (χ4n) is 1.88. The molecule has 1 N–H and O–H groups in total. The van der Waals surface area contributed by atoms with Crippen molar-refractivity contribution in [3.63, 3.8) is 0 Å². The molecule has 0 unspecified atom stereocenters. The zero-order valence-electron chi connectivity index (χ0n) is 13.3. The van der Waals surface area contributed by atoms with Crippen molar-refractivity contribution in [2.75, 3.05) is 26.4 Å². The Kier molecular flexibility index (Phi) is 5.91. The summed E-state index contributed by atoms with van der Waals surface area (Å²) in [7, 11) is -1.95. The second-order valence-electron chi connectivity index (χ2n) is 5.54. The highest BCUT2D eigenvalue weighted by atomic mass is 32.2. The van der Waals surface area contributed by atoms with Crippen molar-refractivity contribution in [1.82, 2.24) is 19.4 Å². The van der Waals surface area contributed by atoms with E-state index in [1.807, 2.05) is 31.5 Å². The number of carbonyl (C=O) groups is 1. The van der Waals surface area contributed by atoms with Gasteiger partial charge in [0.15, 0.2) is 0 Å². The first-order valence-electron chi connectivity index (χ1n) is 6.78. The van der Waals surface area contributed by atoms with E-state index in [9.17, 15) is 13.2 Å². The van der Waals surface area contributed by atoms with Crippen LogP contribution in [0.15, 0.2) is 6.07 Å². The molecule has 1 heterocycles. The van der Waals surface area contributed by atoms with Gasteiger partial charge >= 0.3 is 0 Å². The van der Waals surface area contributed by atoms with Gasteiger partial charge < -0.3 is 5.32 Å². The number of nitrogens with one attached hydrogen (secondary N) is 1. The number of hydrogen-bond donors (Lipinski definition) is 1. The summed E-state index contributed by atoms with van der Waals surface area (Å²) in [6.07, 6.45) is 1.08. The third-order valence-electron chi connectivity index (χ3n) is 3.17. The highest BCUT2D eigenvalue weighted by molar-refractivity contribution is 7.88. The number of carbonyl (C=O) groups excluding carboxylic acids is 1. The van der Waals surface area contributed by atoms with E-state index in [2.05, 4.69) is 10.4 Å². The molecule has 21 heavy (non-hydrogen) atoms. The summed E-state index contributed by atoms with van der Waals surface area (Å²) in [5, 5.41) is 7.12. The van der Waals surface area contributed by atoms with Crippen LogP contribution in [0, 0.1) is 19.8 Å². The summed E-state index contributed by atoms with van der Waals surface area (Å²) in [6.45, 7) is 6.97. The summed E-state index contributed by atoms with van der Waals surface area (Å²) in [5.74, 6) is -0.0985. The minimum Gasteiger partial charge on any atom is -0.355 e. The van der Waals surface area contributed by atoms with Crippen molar-refractivity contribution in [2.24, 2.45) is 5.92 Å². The monoisotopic (exact) mass is 316 g/mol. The van der Waals surface area contributed by atoms with Gasteiger partial charge in [0.2, 0.25) is 15.9 Å². The first-order valence-corrected chi connectivity index (χ1v) is 8.63. The van der Waals surface area contributed by atoms with Gasteiger partial charge in [0.1, 0.15) is 0 Å². The van der Waals surface area contributed by atoms with E-state index < -0.39 is 10.0 Å². The fraction of sp³-hybridized carbons (Fsp3) is 0.692. The van der Waals surface area contributed by atoms with E-state index in [4.69, 9.17) is 0 Å². The summed E-state index contributed by atoms with van der Waals surface area (Å²) >= 11 is 0. The Morgan fingerprint density at radius 2 is 2.10 bits per heavy atom. The molecule has 0 spiro atoms. The molecule has 0 aromatic carbocycles. The first kappa shape index (κ1) is 17.6. The van der Waals surface area contributed by atoms with Crippen molar-refractivity contribution >= 4 is 15.9 Å². The molecule has 0 aliphatic heterocycles. The minimum absolute atomic E-state index is 0.161. The van der Waals surface area contributed by atoms with Crippen molar-refractivity contribution in [3.05, 3.63) is 17.5 Å². The lowest BCUT2D eigenvalue weighted by atomic mass is 10.2. The molecule has 0 saturated carbocycles. The number of nitrogens with zero attached hydrogens (tertiary/aromatic N) is 3. The average molecular weight is 316 g/mol. The Hall–Kier alpha value is -1.41. The molecule has 120 valence electrons. The number of rotatable bonds is 7. The molecule has 8 heteroatoms. The maximum atomic E-state index is 11.7. The third-order valence-corrected chi connectivity index (χ3v) is 4.43. The van der Waals surface area contributed by atoms with E-state index in [0.29, 0.717) is 13.1 Å². The van der Waals surface area contributed by atoms with Gasteiger partial charge in [-0.15, -0.1) is 0 Å². The van der Waals surface area contributed by atoms with Crippen molar-refractivity contribution in [3.8, 4) is 0 Å². The highest BCUT2D eigenvalue weighted by Crippen LogP contribution is 2.05. The average Bonchev–Trinajstić information content (AvgIpc) is 2.64. The lowest BCUT2D eigenvalue weighted by Gasteiger charge is -2.16. The Labute approximate surface area is 126 Å². The molecule has 0 saturated heterocycles. The summed E-state index contributed by atoms with van der Waals surface area (Å²) in [4.78, 5) is 11.7. The number of aryl methyl sites for hydroxylation is 2. The first-order chi connectivity index (χ1) is 9.59. The lowest BCUT2D eigenvalue weighted by Crippen LogP contribution is -2.39. The van der Waals surface area contributed by atoms with Gasteiger partial charge in [-0.3, -0.25) is 9.48 Å². The number of hydrogen-bond acceptors (Lipinski definition) is 4. The molecule has 1 rings (SSSR count). The van der Waals surface area contributed by atoms with Gasteiger partial charge in [0.25, 0.3) is 0 Å². The molecule has 0 fully saturated rings. The minimum atomic E-state index is -3.33. The zero-order valence-corrected chi connectivity index (χ0v) is 14.1. The van der Waals surface area contributed by atoms with Gasteiger partial charge in [-0.25, -0.2) is 8.42 Å². The van der Waals surface area contributed by atoms with Crippen molar-refractivity contribution in [1.29, 1.82) is 0 Å². The molecule has 0 aliphatic carbocycles. The highest BCUT2D eigenvalue weighted by Gasteiger charge is 2.15. The van der Waals surface area contributed by atoms with Gasteiger partial charge in [-0.1, -0.05) is 6.92 Å². The Morgan fingerprint density at radius 3 is 2.57 bits per heavy atom. The maximum absolute atomic E-state index is 11.7. The topological polar surface area (TPSA) is 84.3 Å². The van der Waals surface area contributed by atoms with E-state index in [0.717, 1.165) is 21.9 Å². The summed E-state index contributed by atoms with van der Waals surface area (Å²) < 4.78 is 25.4. The van der Waals surface area contributed by atoms with E-state index in [1.165, 1.54) is 7.05 Å². The quantitative estimate of drug-likeness (QED) is 0.776. The lowest BCUT2D eigenvalue weighted by molar-refractivity contribution is -0.121. The Bertz CT molecular complexity index is 595. The summed E-state index contributed by atoms with van der Waals surface area (Å²) in [5.41, 5.74) is 2.06. The van der Waals surface area contributed by atoms with E-state index >= 15 is 0 Å². The van der Waals surface area contributed by atoms with Crippen LogP contribution in [-0.2, 0) is 21.4 Å². The molecular formula is C13H24N4O3S. The zero-order chi connectivity index (χ0) is 16.2. The summed E-state index contributed by atoms with van der Waals surface area (Å²) in [6, 6.07) is 2.01. The van der Waals surface area contributed by atoms with Crippen LogP contribution in [0.1, 0.15) is 18.3 Å². The van der Waals surface area contributed by atoms with Crippen molar-refractivity contribution in [2.45, 2.75) is 27.3 Å². The smallest absolute Gasteiger partial charge is 0.235 e. The molecule has 0 aliphatic rings. The third kappa shape index (κ3) is 5.84. The molecule has 0 radical (unpaired) electrons. The normalized spacial score (nSPS) is 13.4. The second-order valence-corrected chi connectivity index (χ2v) is 7.63. The molecule has 1 aromatic rings. The standard InChI is InChI=1S/C13H24N4O3S/c1-10(8-17-12(3)6-11(2)15-17)7-14-13(18)9-16(4)21(5,19)20/h6,10H,7-9H2,1-5H3,(H,14,18)/t10-/m1/s1. The number of amides is 1. The van der Waals surface area contributed by atoms with Crippen LogP contribution in [-0.4, -0.2) is 54.8 Å². The van der Waals surface area contributed by atoms with Crippen LogP contribution in [0.5, 0.6) is 0 Å². The largest absolute Gasteiger partial charge is 0.355 e. The van der Waals surface area contributed by atoms with E-state index in [-0.39, 0.29) is 18.4 Å². The number of aromatic nitrogens is 2. The molecule has 1 aromatic heterocycles. The molecule has 1 atom stereocenters. The van der Waals surface area contributed by atoms with Gasteiger partial charge in [-0.2, -0.15) is 9.40 Å². The molecule has 1 amide bonds. The van der Waals surface area contributed by atoms with E-state index in [1.54, 1.807) is 0 Å². The number of sulfonamides is 1. The van der Waals surface area contributed by atoms with Crippen LogP contribution in [0.25, 0.3) is 0 Å². The maximum Gasteiger partial charge on any atom is 0.235 e. The fourth-order valence-corrected chi connectivity index (χ4v) is 2.23. The SMILES string of the molecule is Cc1cc(C)n(C[C@H](C)CNC(=O)CN(C)S(C)(=O)=O)n1. The number of likely N-dealkylation sites (N-methyl/N-ethyl adjacent to an activating group) is 1. The van der Waals surface area contributed by atoms with Crippen LogP contribution in [0.2, 0.25) is 0 Å². The van der Waals surface area contributed by atoms with Gasteiger partial charge in [0, 0.05) is 25.8 Å². The molecule has 0 bridgehead atoms. The van der Waals surface area contributed by atoms with Crippen molar-refractivity contribution < 1.29 is 13.2 Å². The van der Waals surface area contributed by atoms with Crippen LogP contribution >= 0.6 is 0 Å². The molecular weight excluding hydrogens is 292 g/mol. The van der Waals surface area contributed by atoms with Crippen LogP contribution < -0.4 is 5.32 Å². The van der Waals surface area contributed by atoms with Gasteiger partial charge in [-0.05, 0) is 25.8 Å². The van der Waals surface area contributed by atoms with Crippen LogP contribution in [0.3, 0.4) is 0 Å². The predicted octanol–water partition coefficient (Wildman–Crippen LogP) is 0.144.